The number of hydrogen-bond acceptors (Lipinski definition) is 9. The number of unbranched alkanes of at least 4 members (excludes halogenated alkanes) is 2. The van der Waals surface area contributed by atoms with Gasteiger partial charge in [0.25, 0.3) is 0 Å². The average molecular weight is 667 g/mol. The highest BCUT2D eigenvalue weighted by molar-refractivity contribution is 5.97. The number of hydrogen-bond donors (Lipinski definition) is 0. The van der Waals surface area contributed by atoms with Gasteiger partial charge in [0.05, 0.1) is 30.9 Å². The number of carbonyl (C=O) groups excluding carboxylic acids is 3. The Labute approximate surface area is 287 Å². The monoisotopic (exact) mass is 666 g/mol. The molecule has 0 fully saturated rings. The first kappa shape index (κ1) is 36.3. The van der Waals surface area contributed by atoms with E-state index in [1.807, 2.05) is 32.1 Å². The fourth-order valence-electron chi connectivity index (χ4n) is 4.45. The van der Waals surface area contributed by atoms with Crippen molar-refractivity contribution in [2.45, 2.75) is 52.6 Å². The van der Waals surface area contributed by atoms with Gasteiger partial charge < -0.3 is 28.4 Å². The molecule has 0 saturated heterocycles. The summed E-state index contributed by atoms with van der Waals surface area (Å²) >= 11 is 0. The van der Waals surface area contributed by atoms with Crippen LogP contribution in [0.1, 0.15) is 82.6 Å². The van der Waals surface area contributed by atoms with Crippen LogP contribution >= 0.6 is 0 Å². The van der Waals surface area contributed by atoms with Crippen molar-refractivity contribution in [1.29, 1.82) is 0 Å². The van der Waals surface area contributed by atoms with Crippen LogP contribution in [0.4, 0.5) is 0 Å². The second kappa shape index (κ2) is 19.3. The molecule has 0 aliphatic carbocycles. The molecule has 49 heavy (non-hydrogen) atoms. The molecular formula is C40H42O9. The van der Waals surface area contributed by atoms with Crippen molar-refractivity contribution < 1.29 is 42.8 Å². The number of benzene rings is 4. The minimum Gasteiger partial charge on any atom is -0.494 e. The summed E-state index contributed by atoms with van der Waals surface area (Å²) in [7, 11) is 0. The third-order valence-electron chi connectivity index (χ3n) is 7.07. The molecule has 0 saturated carbocycles. The summed E-state index contributed by atoms with van der Waals surface area (Å²) in [5, 5.41) is 0. The first-order chi connectivity index (χ1) is 23.9. The maximum absolute atomic E-state index is 13.4. The standard InChI is InChI=1S/C40H42O9/c1-4-7-8-9-26-46-32-16-10-29(11-17-32)28-47-40(43)36-27-35(48-38(41)30-12-18-33(19-13-30)44-24-5-2)22-23-37(36)49-39(42)31-14-20-34(21-15-31)45-25-6-3/h4,10-23,27H,1,5-9,24-26,28H2,2-3H3. The number of allylic oxidation sites excluding steroid dienone is 1. The van der Waals surface area contributed by atoms with Gasteiger partial charge in [-0.3, -0.25) is 0 Å². The second-order valence-electron chi connectivity index (χ2n) is 11.0. The fraction of sp³-hybridized carbons (Fsp3) is 0.275. The van der Waals surface area contributed by atoms with Crippen molar-refractivity contribution in [3.8, 4) is 28.7 Å². The Balaban J connectivity index is 1.47. The van der Waals surface area contributed by atoms with Gasteiger partial charge in [0.1, 0.15) is 40.9 Å². The van der Waals surface area contributed by atoms with Gasteiger partial charge in [0.15, 0.2) is 0 Å². The van der Waals surface area contributed by atoms with Crippen molar-refractivity contribution in [1.82, 2.24) is 0 Å². The Kier molecular flexibility index (Phi) is 14.3. The van der Waals surface area contributed by atoms with Crippen LogP contribution in [-0.4, -0.2) is 37.7 Å². The van der Waals surface area contributed by atoms with Gasteiger partial charge in [-0.25, -0.2) is 14.4 Å². The first-order valence-corrected chi connectivity index (χ1v) is 16.4. The number of ether oxygens (including phenoxy) is 6. The summed E-state index contributed by atoms with van der Waals surface area (Å²) in [6, 6.07) is 24.4. The zero-order valence-electron chi connectivity index (χ0n) is 28.0. The lowest BCUT2D eigenvalue weighted by molar-refractivity contribution is 0.0465. The Morgan fingerprint density at radius 1 is 0.592 bits per heavy atom. The van der Waals surface area contributed by atoms with Crippen LogP contribution in [0, 0.1) is 0 Å². The lowest BCUT2D eigenvalue weighted by atomic mass is 10.1. The van der Waals surface area contributed by atoms with E-state index in [4.69, 9.17) is 28.4 Å². The summed E-state index contributed by atoms with van der Waals surface area (Å²) in [4.78, 5) is 39.4. The fourth-order valence-corrected chi connectivity index (χ4v) is 4.45. The molecule has 0 N–H and O–H groups in total. The second-order valence-corrected chi connectivity index (χ2v) is 11.0. The van der Waals surface area contributed by atoms with Gasteiger partial charge >= 0.3 is 17.9 Å². The smallest absolute Gasteiger partial charge is 0.343 e. The van der Waals surface area contributed by atoms with Crippen molar-refractivity contribution >= 4 is 17.9 Å². The van der Waals surface area contributed by atoms with Crippen molar-refractivity contribution in [2.24, 2.45) is 0 Å². The lowest BCUT2D eigenvalue weighted by Crippen LogP contribution is -2.14. The van der Waals surface area contributed by atoms with Crippen LogP contribution in [0.2, 0.25) is 0 Å². The molecule has 0 heterocycles. The van der Waals surface area contributed by atoms with E-state index in [0.717, 1.165) is 37.7 Å². The van der Waals surface area contributed by atoms with Gasteiger partial charge in [-0.1, -0.05) is 32.1 Å². The minimum atomic E-state index is -0.774. The van der Waals surface area contributed by atoms with Crippen LogP contribution in [0.5, 0.6) is 28.7 Å². The van der Waals surface area contributed by atoms with Gasteiger partial charge in [0.2, 0.25) is 0 Å². The molecule has 0 amide bonds. The largest absolute Gasteiger partial charge is 0.494 e. The van der Waals surface area contributed by atoms with Gasteiger partial charge in [-0.2, -0.15) is 0 Å². The molecule has 256 valence electrons. The molecule has 9 heteroatoms. The highest BCUT2D eigenvalue weighted by atomic mass is 16.6. The molecule has 0 aromatic heterocycles. The van der Waals surface area contributed by atoms with Gasteiger partial charge in [0, 0.05) is 0 Å². The Hall–Kier alpha value is -5.57. The van der Waals surface area contributed by atoms with E-state index >= 15 is 0 Å². The summed E-state index contributed by atoms with van der Waals surface area (Å²) in [6.07, 6.45) is 6.48. The molecule has 0 radical (unpaired) electrons. The predicted molar refractivity (Wildman–Crippen MR) is 186 cm³/mol. The molecule has 4 aromatic rings. The lowest BCUT2D eigenvalue weighted by Gasteiger charge is -2.13. The average Bonchev–Trinajstić information content (AvgIpc) is 3.13. The number of rotatable bonds is 19. The summed E-state index contributed by atoms with van der Waals surface area (Å²) in [6.45, 7) is 9.39. The highest BCUT2D eigenvalue weighted by Crippen LogP contribution is 2.28. The van der Waals surface area contributed by atoms with E-state index in [0.29, 0.717) is 42.6 Å². The summed E-state index contributed by atoms with van der Waals surface area (Å²) in [5.41, 5.74) is 1.18. The van der Waals surface area contributed by atoms with Crippen molar-refractivity contribution in [2.75, 3.05) is 19.8 Å². The number of carbonyl (C=O) groups is 3. The zero-order chi connectivity index (χ0) is 34.8. The van der Waals surface area contributed by atoms with Crippen LogP contribution in [0.25, 0.3) is 0 Å². The molecule has 0 aliphatic rings. The van der Waals surface area contributed by atoms with Crippen molar-refractivity contribution in [3.05, 3.63) is 126 Å². The normalized spacial score (nSPS) is 10.5. The number of esters is 3. The molecule has 4 rings (SSSR count). The van der Waals surface area contributed by atoms with Gasteiger partial charge in [-0.15, -0.1) is 6.58 Å². The van der Waals surface area contributed by atoms with Crippen LogP contribution < -0.4 is 23.7 Å². The van der Waals surface area contributed by atoms with E-state index in [1.165, 1.54) is 18.2 Å². The SMILES string of the molecule is C=CCCCCOc1ccc(COC(=O)c2cc(OC(=O)c3ccc(OCCC)cc3)ccc2OC(=O)c2ccc(OCCC)cc2)cc1. The van der Waals surface area contributed by atoms with E-state index in [9.17, 15) is 14.4 Å². The molecule has 0 bridgehead atoms. The quantitative estimate of drug-likeness (QED) is 0.0420. The molecule has 0 unspecified atom stereocenters. The Morgan fingerprint density at radius 3 is 1.65 bits per heavy atom. The summed E-state index contributed by atoms with van der Waals surface area (Å²) < 4.78 is 33.7. The maximum atomic E-state index is 13.4. The third kappa shape index (κ3) is 11.6. The van der Waals surface area contributed by atoms with E-state index in [1.54, 1.807) is 60.7 Å². The van der Waals surface area contributed by atoms with Crippen LogP contribution in [-0.2, 0) is 11.3 Å². The Morgan fingerprint density at radius 2 is 1.10 bits per heavy atom. The zero-order valence-corrected chi connectivity index (χ0v) is 28.0. The molecule has 0 atom stereocenters. The van der Waals surface area contributed by atoms with E-state index in [-0.39, 0.29) is 29.2 Å². The molecule has 0 spiro atoms. The maximum Gasteiger partial charge on any atom is 0.343 e. The Bertz CT molecular complexity index is 1660. The van der Waals surface area contributed by atoms with E-state index < -0.39 is 17.9 Å². The van der Waals surface area contributed by atoms with Crippen LogP contribution in [0.3, 0.4) is 0 Å². The molecular weight excluding hydrogens is 624 g/mol. The predicted octanol–water partition coefficient (Wildman–Crippen LogP) is 8.79. The topological polar surface area (TPSA) is 107 Å². The van der Waals surface area contributed by atoms with E-state index in [2.05, 4.69) is 6.58 Å². The summed E-state index contributed by atoms with van der Waals surface area (Å²) in [5.74, 6) is -0.117. The molecule has 0 aliphatic heterocycles. The van der Waals surface area contributed by atoms with Gasteiger partial charge in [-0.05, 0) is 117 Å². The minimum absolute atomic E-state index is 0.0540. The van der Waals surface area contributed by atoms with Crippen molar-refractivity contribution in [3.63, 3.8) is 0 Å². The highest BCUT2D eigenvalue weighted by Gasteiger charge is 2.21. The first-order valence-electron chi connectivity index (χ1n) is 16.4. The molecule has 4 aromatic carbocycles. The molecule has 9 nitrogen and oxygen atoms in total. The third-order valence-corrected chi connectivity index (χ3v) is 7.07. The van der Waals surface area contributed by atoms with Crippen LogP contribution in [0.15, 0.2) is 104 Å².